The van der Waals surface area contributed by atoms with Gasteiger partial charge in [-0.2, -0.15) is 12.6 Å². The smallest absolute Gasteiger partial charge is 0.326 e. The highest BCUT2D eigenvalue weighted by molar-refractivity contribution is 7.80. The summed E-state index contributed by atoms with van der Waals surface area (Å²) < 4.78 is 0. The summed E-state index contributed by atoms with van der Waals surface area (Å²) in [4.78, 5) is 46.9. The number of aliphatic hydroxyl groups is 1. The number of carboxylic acids is 1. The van der Waals surface area contributed by atoms with Crippen LogP contribution in [0.3, 0.4) is 0 Å². The zero-order chi connectivity index (χ0) is 21.0. The van der Waals surface area contributed by atoms with Gasteiger partial charge in [0.2, 0.25) is 17.7 Å². The van der Waals surface area contributed by atoms with Crippen molar-refractivity contribution < 1.29 is 29.4 Å². The van der Waals surface area contributed by atoms with E-state index in [0.29, 0.717) is 19.4 Å². The van der Waals surface area contributed by atoms with E-state index in [1.165, 1.54) is 6.92 Å². The van der Waals surface area contributed by atoms with E-state index in [2.05, 4.69) is 28.6 Å². The molecular weight excluding hydrogens is 378 g/mol. The van der Waals surface area contributed by atoms with Crippen LogP contribution in [0.1, 0.15) is 26.2 Å². The predicted molar refractivity (Wildman–Crippen MR) is 101 cm³/mol. The molecule has 4 unspecified atom stereocenters. The number of carboxylic acid groups (broad SMARTS) is 1. The first-order valence-corrected chi connectivity index (χ1v) is 9.12. The van der Waals surface area contributed by atoms with E-state index in [4.69, 9.17) is 11.5 Å². The van der Waals surface area contributed by atoms with Crippen molar-refractivity contribution in [3.63, 3.8) is 0 Å². The van der Waals surface area contributed by atoms with Crippen LogP contribution in [0.15, 0.2) is 0 Å². The van der Waals surface area contributed by atoms with Crippen LogP contribution in [0.4, 0.5) is 0 Å². The lowest BCUT2D eigenvalue weighted by molar-refractivity contribution is -0.143. The number of carbonyl (C=O) groups is 4. The third kappa shape index (κ3) is 10.1. The second-order valence-electron chi connectivity index (χ2n) is 5.98. The second kappa shape index (κ2) is 13.3. The first kappa shape index (κ1) is 25.1. The maximum absolute atomic E-state index is 12.3. The number of aliphatic hydroxyl groups excluding tert-OH is 1. The van der Waals surface area contributed by atoms with Gasteiger partial charge in [-0.1, -0.05) is 0 Å². The van der Waals surface area contributed by atoms with E-state index in [9.17, 15) is 29.4 Å². The van der Waals surface area contributed by atoms with Crippen molar-refractivity contribution in [1.82, 2.24) is 16.0 Å². The molecule has 0 aliphatic heterocycles. The zero-order valence-corrected chi connectivity index (χ0v) is 16.1. The van der Waals surface area contributed by atoms with E-state index in [1.807, 2.05) is 0 Å². The van der Waals surface area contributed by atoms with Crippen LogP contribution in [0.5, 0.6) is 0 Å². The largest absolute Gasteiger partial charge is 0.480 e. The van der Waals surface area contributed by atoms with Crippen molar-refractivity contribution in [2.75, 3.05) is 18.8 Å². The molecule has 0 heterocycles. The number of unbranched alkanes of at least 4 members (excludes halogenated alkanes) is 1. The van der Waals surface area contributed by atoms with Crippen molar-refractivity contribution >= 4 is 36.3 Å². The first-order chi connectivity index (χ1) is 12.6. The molecular formula is C15H29N5O6S. The molecule has 3 amide bonds. The van der Waals surface area contributed by atoms with Crippen molar-refractivity contribution in [2.45, 2.75) is 50.4 Å². The Kier molecular flexibility index (Phi) is 12.4. The minimum atomic E-state index is -1.38. The lowest BCUT2D eigenvalue weighted by Gasteiger charge is -2.23. The normalized spacial score (nSPS) is 15.1. The van der Waals surface area contributed by atoms with Crippen LogP contribution in [0.2, 0.25) is 0 Å². The minimum Gasteiger partial charge on any atom is -0.480 e. The molecule has 11 nitrogen and oxygen atoms in total. The Morgan fingerprint density at radius 3 is 2.22 bits per heavy atom. The van der Waals surface area contributed by atoms with Crippen LogP contribution in [-0.4, -0.2) is 77.0 Å². The number of rotatable bonds is 13. The molecule has 0 fully saturated rings. The highest BCUT2D eigenvalue weighted by Crippen LogP contribution is 2.03. The first-order valence-electron chi connectivity index (χ1n) is 8.48. The number of amides is 3. The lowest BCUT2D eigenvalue weighted by Crippen LogP contribution is -2.57. The van der Waals surface area contributed by atoms with Gasteiger partial charge in [-0.15, -0.1) is 0 Å². The maximum atomic E-state index is 12.3. The van der Waals surface area contributed by atoms with Crippen LogP contribution in [0, 0.1) is 0 Å². The summed E-state index contributed by atoms with van der Waals surface area (Å²) in [7, 11) is 0. The standard InChI is InChI=1S/C15H29N5O6S/c1-8(21)12(20-11(22)6-18-13(23)9(17)7-27)14(24)19-10(15(25)26)4-2-3-5-16/h8-10,12,21,27H,2-7,16-17H2,1H3,(H,18,23)(H,19,24)(H,20,22)(H,25,26). The molecule has 9 N–H and O–H groups in total. The molecule has 4 atom stereocenters. The number of carbonyl (C=O) groups excluding carboxylic acids is 3. The molecule has 0 saturated carbocycles. The van der Waals surface area contributed by atoms with Gasteiger partial charge in [-0.05, 0) is 32.7 Å². The van der Waals surface area contributed by atoms with Crippen molar-refractivity contribution in [2.24, 2.45) is 11.5 Å². The molecule has 0 aromatic heterocycles. The SMILES string of the molecule is CC(O)C(NC(=O)CNC(=O)C(N)CS)C(=O)NC(CCCCN)C(=O)O. The molecule has 0 radical (unpaired) electrons. The van der Waals surface area contributed by atoms with Gasteiger partial charge in [-0.3, -0.25) is 14.4 Å². The van der Waals surface area contributed by atoms with Gasteiger partial charge in [0, 0.05) is 5.75 Å². The van der Waals surface area contributed by atoms with Gasteiger partial charge < -0.3 is 37.6 Å². The van der Waals surface area contributed by atoms with Crippen LogP contribution in [0.25, 0.3) is 0 Å². The molecule has 27 heavy (non-hydrogen) atoms. The quantitative estimate of drug-likeness (QED) is 0.116. The fourth-order valence-corrected chi connectivity index (χ4v) is 2.19. The van der Waals surface area contributed by atoms with Crippen LogP contribution < -0.4 is 27.4 Å². The van der Waals surface area contributed by atoms with E-state index in [-0.39, 0.29) is 12.2 Å². The molecule has 0 saturated heterocycles. The highest BCUT2D eigenvalue weighted by Gasteiger charge is 2.29. The topological polar surface area (TPSA) is 197 Å². The van der Waals surface area contributed by atoms with Gasteiger partial charge in [0.05, 0.1) is 18.7 Å². The minimum absolute atomic E-state index is 0.0902. The lowest BCUT2D eigenvalue weighted by atomic mass is 10.1. The Morgan fingerprint density at radius 2 is 1.74 bits per heavy atom. The Morgan fingerprint density at radius 1 is 1.11 bits per heavy atom. The highest BCUT2D eigenvalue weighted by atomic mass is 32.1. The summed E-state index contributed by atoms with van der Waals surface area (Å²) in [5.74, 6) is -3.33. The Balaban J connectivity index is 4.75. The van der Waals surface area contributed by atoms with Crippen LogP contribution >= 0.6 is 12.6 Å². The summed E-state index contributed by atoms with van der Waals surface area (Å²) in [6, 6.07) is -3.44. The maximum Gasteiger partial charge on any atom is 0.326 e. The van der Waals surface area contributed by atoms with Crippen molar-refractivity contribution in [1.29, 1.82) is 0 Å². The van der Waals surface area contributed by atoms with E-state index in [1.54, 1.807) is 0 Å². The number of hydrogen-bond acceptors (Lipinski definition) is 8. The third-order valence-corrected chi connectivity index (χ3v) is 3.99. The van der Waals surface area contributed by atoms with Gasteiger partial charge >= 0.3 is 5.97 Å². The molecule has 0 aliphatic carbocycles. The summed E-state index contributed by atoms with van der Waals surface area (Å²) in [5, 5.41) is 25.7. The Bertz CT molecular complexity index is 519. The molecule has 0 spiro atoms. The van der Waals surface area contributed by atoms with Gasteiger partial charge in [0.1, 0.15) is 12.1 Å². The summed E-state index contributed by atoms with van der Waals surface area (Å²) in [6.07, 6.45) is -0.0275. The van der Waals surface area contributed by atoms with E-state index < -0.39 is 54.5 Å². The second-order valence-corrected chi connectivity index (χ2v) is 6.34. The zero-order valence-electron chi connectivity index (χ0n) is 15.2. The van der Waals surface area contributed by atoms with Crippen LogP contribution in [-0.2, 0) is 19.2 Å². The fraction of sp³-hybridized carbons (Fsp3) is 0.733. The molecule has 0 rings (SSSR count). The summed E-state index contributed by atoms with van der Waals surface area (Å²) in [6.45, 7) is 1.20. The number of nitrogens with one attached hydrogen (secondary N) is 3. The average Bonchev–Trinajstić information content (AvgIpc) is 2.61. The summed E-state index contributed by atoms with van der Waals surface area (Å²) in [5.41, 5.74) is 10.8. The molecule has 12 heteroatoms. The number of thiol groups is 1. The van der Waals surface area contributed by atoms with Gasteiger partial charge in [0.25, 0.3) is 0 Å². The molecule has 156 valence electrons. The Hall–Kier alpha value is -1.89. The third-order valence-electron chi connectivity index (χ3n) is 3.60. The molecule has 0 aromatic carbocycles. The molecule has 0 aromatic rings. The monoisotopic (exact) mass is 407 g/mol. The summed E-state index contributed by atoms with van der Waals surface area (Å²) >= 11 is 3.86. The van der Waals surface area contributed by atoms with E-state index in [0.717, 1.165) is 0 Å². The van der Waals surface area contributed by atoms with Crippen molar-refractivity contribution in [3.05, 3.63) is 0 Å². The molecule has 0 aliphatic rings. The molecule has 0 bridgehead atoms. The number of aliphatic carboxylic acids is 1. The van der Waals surface area contributed by atoms with Gasteiger partial charge in [0.15, 0.2) is 0 Å². The average molecular weight is 407 g/mol. The predicted octanol–water partition coefficient (Wildman–Crippen LogP) is -3.08. The van der Waals surface area contributed by atoms with E-state index >= 15 is 0 Å². The number of hydrogen-bond donors (Lipinski definition) is 8. The Labute approximate surface area is 163 Å². The van der Waals surface area contributed by atoms with Gasteiger partial charge in [-0.25, -0.2) is 4.79 Å². The number of nitrogens with two attached hydrogens (primary N) is 2. The van der Waals surface area contributed by atoms with Crippen molar-refractivity contribution in [3.8, 4) is 0 Å². The fourth-order valence-electron chi connectivity index (χ4n) is 2.02.